The highest BCUT2D eigenvalue weighted by Crippen LogP contribution is 2.26. The molecule has 1 aromatic rings. The van der Waals surface area contributed by atoms with Gasteiger partial charge in [0.15, 0.2) is 0 Å². The molecule has 1 rings (SSSR count). The molecule has 1 amide bonds. The molecule has 0 radical (unpaired) electrons. The summed E-state index contributed by atoms with van der Waals surface area (Å²) in [5, 5.41) is 0.0972. The SMILES string of the molecule is CSC(=O)N(C)C.Cc1ccc(C)c(C(C)(C)C)c1. The molecule has 0 saturated carbocycles. The molecule has 0 aliphatic carbocycles. The molecule has 0 N–H and O–H groups in total. The molecule has 0 unspecified atom stereocenters. The van der Waals surface area contributed by atoms with Gasteiger partial charge in [0, 0.05) is 14.1 Å². The van der Waals surface area contributed by atoms with Crippen LogP contribution in [0.4, 0.5) is 4.79 Å². The number of rotatable bonds is 0. The van der Waals surface area contributed by atoms with E-state index in [0.717, 1.165) is 0 Å². The minimum atomic E-state index is 0.0972. The number of hydrogen-bond donors (Lipinski definition) is 0. The van der Waals surface area contributed by atoms with Gasteiger partial charge in [0.2, 0.25) is 0 Å². The van der Waals surface area contributed by atoms with Crippen molar-refractivity contribution >= 4 is 17.0 Å². The first-order valence-electron chi connectivity index (χ1n) is 6.42. The smallest absolute Gasteiger partial charge is 0.280 e. The Kier molecular flexibility index (Phi) is 7.20. The predicted molar refractivity (Wildman–Crippen MR) is 87.2 cm³/mol. The fourth-order valence-corrected chi connectivity index (χ4v) is 2.09. The van der Waals surface area contributed by atoms with E-state index >= 15 is 0 Å². The maximum atomic E-state index is 10.4. The molecular weight excluding hydrogens is 254 g/mol. The third-order valence-corrected chi connectivity index (χ3v) is 3.46. The van der Waals surface area contributed by atoms with E-state index in [9.17, 15) is 4.79 Å². The van der Waals surface area contributed by atoms with Gasteiger partial charge < -0.3 is 4.90 Å². The van der Waals surface area contributed by atoms with E-state index in [1.807, 2.05) is 0 Å². The second-order valence-electron chi connectivity index (χ2n) is 5.93. The molecule has 0 saturated heterocycles. The molecule has 0 aliphatic heterocycles. The third kappa shape index (κ3) is 6.67. The zero-order chi connectivity index (χ0) is 15.2. The number of carbonyl (C=O) groups excluding carboxylic acids is 1. The molecule has 0 aromatic heterocycles. The van der Waals surface area contributed by atoms with Crippen LogP contribution in [0.2, 0.25) is 0 Å². The van der Waals surface area contributed by atoms with E-state index in [0.29, 0.717) is 0 Å². The van der Waals surface area contributed by atoms with Crippen molar-refractivity contribution < 1.29 is 4.79 Å². The second-order valence-corrected chi connectivity index (χ2v) is 6.69. The average Bonchev–Trinajstić information content (AvgIpc) is 2.30. The van der Waals surface area contributed by atoms with Crippen molar-refractivity contribution in [3.8, 4) is 0 Å². The van der Waals surface area contributed by atoms with Crippen LogP contribution in [0.5, 0.6) is 0 Å². The molecule has 19 heavy (non-hydrogen) atoms. The fraction of sp³-hybridized carbons (Fsp3) is 0.562. The minimum Gasteiger partial charge on any atom is -0.340 e. The van der Waals surface area contributed by atoms with Crippen LogP contribution in [0.15, 0.2) is 18.2 Å². The third-order valence-electron chi connectivity index (χ3n) is 2.74. The molecule has 0 spiro atoms. The molecule has 0 aliphatic rings. The van der Waals surface area contributed by atoms with Gasteiger partial charge in [-0.15, -0.1) is 0 Å². The average molecular weight is 281 g/mol. The van der Waals surface area contributed by atoms with Crippen LogP contribution in [-0.4, -0.2) is 30.5 Å². The highest BCUT2D eigenvalue weighted by molar-refractivity contribution is 8.12. The summed E-state index contributed by atoms with van der Waals surface area (Å²) in [5.41, 5.74) is 4.48. The molecule has 3 heteroatoms. The lowest BCUT2D eigenvalue weighted by Crippen LogP contribution is -2.15. The molecule has 1 aromatic carbocycles. The fourth-order valence-electron chi connectivity index (χ4n) is 1.73. The lowest BCUT2D eigenvalue weighted by Gasteiger charge is -2.22. The van der Waals surface area contributed by atoms with E-state index < -0.39 is 0 Å². The Morgan fingerprint density at radius 2 is 1.68 bits per heavy atom. The summed E-state index contributed by atoms with van der Waals surface area (Å²) in [5.74, 6) is 0. The number of nitrogens with zero attached hydrogens (tertiary/aromatic N) is 1. The lowest BCUT2D eigenvalue weighted by atomic mass is 9.83. The highest BCUT2D eigenvalue weighted by Gasteiger charge is 2.15. The van der Waals surface area contributed by atoms with Crippen molar-refractivity contribution in [2.75, 3.05) is 20.4 Å². The first-order valence-corrected chi connectivity index (χ1v) is 7.65. The number of aryl methyl sites for hydroxylation is 2. The Balaban J connectivity index is 0.000000399. The Hall–Kier alpha value is -0.960. The summed E-state index contributed by atoms with van der Waals surface area (Å²) in [4.78, 5) is 11.9. The number of hydrogen-bond acceptors (Lipinski definition) is 2. The quantitative estimate of drug-likeness (QED) is 0.691. The van der Waals surface area contributed by atoms with Gasteiger partial charge in [-0.2, -0.15) is 0 Å². The maximum Gasteiger partial charge on any atom is 0.280 e. The summed E-state index contributed by atoms with van der Waals surface area (Å²) >= 11 is 1.22. The minimum absolute atomic E-state index is 0.0972. The van der Waals surface area contributed by atoms with Gasteiger partial charge in [0.1, 0.15) is 0 Å². The largest absolute Gasteiger partial charge is 0.340 e. The van der Waals surface area contributed by atoms with Crippen molar-refractivity contribution in [1.82, 2.24) is 4.90 Å². The van der Waals surface area contributed by atoms with Crippen LogP contribution < -0.4 is 0 Å². The van der Waals surface area contributed by atoms with E-state index in [1.165, 1.54) is 28.5 Å². The number of thioether (sulfide) groups is 1. The van der Waals surface area contributed by atoms with Crippen LogP contribution in [0.25, 0.3) is 0 Å². The molecule has 0 heterocycles. The van der Waals surface area contributed by atoms with E-state index in [2.05, 4.69) is 52.8 Å². The molecule has 0 bridgehead atoms. The van der Waals surface area contributed by atoms with E-state index in [-0.39, 0.29) is 10.7 Å². The first-order chi connectivity index (χ1) is 8.59. The summed E-state index contributed by atoms with van der Waals surface area (Å²) in [7, 11) is 3.47. The number of amides is 1. The molecule has 2 nitrogen and oxygen atoms in total. The van der Waals surface area contributed by atoms with Crippen LogP contribution in [0.3, 0.4) is 0 Å². The predicted octanol–water partition coefficient (Wildman–Crippen LogP) is 4.63. The Morgan fingerprint density at radius 3 is 1.95 bits per heavy atom. The van der Waals surface area contributed by atoms with Gasteiger partial charge in [-0.1, -0.05) is 56.3 Å². The highest BCUT2D eigenvalue weighted by atomic mass is 32.2. The van der Waals surface area contributed by atoms with Gasteiger partial charge in [-0.3, -0.25) is 4.79 Å². The summed E-state index contributed by atoms with van der Waals surface area (Å²) in [6.07, 6.45) is 1.77. The van der Waals surface area contributed by atoms with Crippen molar-refractivity contribution in [2.45, 2.75) is 40.0 Å². The van der Waals surface area contributed by atoms with Gasteiger partial charge in [0.25, 0.3) is 5.24 Å². The number of carbonyl (C=O) groups is 1. The summed E-state index contributed by atoms with van der Waals surface area (Å²) in [6.45, 7) is 11.1. The lowest BCUT2D eigenvalue weighted by molar-refractivity contribution is 0.241. The van der Waals surface area contributed by atoms with E-state index in [4.69, 9.17) is 0 Å². The van der Waals surface area contributed by atoms with Crippen molar-refractivity contribution in [3.63, 3.8) is 0 Å². The van der Waals surface area contributed by atoms with Crippen molar-refractivity contribution in [3.05, 3.63) is 34.9 Å². The van der Waals surface area contributed by atoms with E-state index in [1.54, 1.807) is 25.3 Å². The summed E-state index contributed by atoms with van der Waals surface area (Å²) < 4.78 is 0. The molecule has 0 atom stereocenters. The van der Waals surface area contributed by atoms with Gasteiger partial charge in [-0.25, -0.2) is 0 Å². The Bertz CT molecular complexity index is 419. The monoisotopic (exact) mass is 281 g/mol. The topological polar surface area (TPSA) is 20.3 Å². The molecule has 0 fully saturated rings. The van der Waals surface area contributed by atoms with Gasteiger partial charge in [-0.05, 0) is 36.6 Å². The zero-order valence-electron chi connectivity index (χ0n) is 13.5. The van der Waals surface area contributed by atoms with Crippen molar-refractivity contribution in [2.24, 2.45) is 0 Å². The standard InChI is InChI=1S/C12H18.C4H9NOS/c1-9-6-7-10(2)11(8-9)12(3,4)5;1-5(2)4(6)7-3/h6-8H,1-5H3;1-3H3. The van der Waals surface area contributed by atoms with Crippen LogP contribution in [0, 0.1) is 13.8 Å². The zero-order valence-corrected chi connectivity index (χ0v) is 14.3. The molecule has 108 valence electrons. The maximum absolute atomic E-state index is 10.4. The summed E-state index contributed by atoms with van der Waals surface area (Å²) in [6, 6.07) is 6.66. The van der Waals surface area contributed by atoms with Crippen LogP contribution >= 0.6 is 11.8 Å². The number of benzene rings is 1. The second kappa shape index (κ2) is 7.59. The Labute approximate surface area is 122 Å². The van der Waals surface area contributed by atoms with Gasteiger partial charge in [0.05, 0.1) is 0 Å². The van der Waals surface area contributed by atoms with Crippen LogP contribution in [-0.2, 0) is 5.41 Å². The van der Waals surface area contributed by atoms with Gasteiger partial charge >= 0.3 is 0 Å². The van der Waals surface area contributed by atoms with Crippen LogP contribution in [0.1, 0.15) is 37.5 Å². The normalized spacial score (nSPS) is 10.5. The van der Waals surface area contributed by atoms with Crippen molar-refractivity contribution in [1.29, 1.82) is 0 Å². The molecular formula is C16H27NOS. The Morgan fingerprint density at radius 1 is 1.16 bits per heavy atom. The first kappa shape index (κ1) is 18.0.